The lowest BCUT2D eigenvalue weighted by atomic mass is 10.1. The Morgan fingerprint density at radius 2 is 1.91 bits per heavy atom. The van der Waals surface area contributed by atoms with Gasteiger partial charge in [-0.3, -0.25) is 0 Å². The number of hydrogen-bond acceptors (Lipinski definition) is 4. The van der Waals surface area contributed by atoms with E-state index in [1.807, 2.05) is 19.9 Å². The van der Waals surface area contributed by atoms with Crippen molar-refractivity contribution in [1.29, 1.82) is 0 Å². The summed E-state index contributed by atoms with van der Waals surface area (Å²) in [6.45, 7) is 5.94. The number of hydrogen-bond donors (Lipinski definition) is 0. The lowest BCUT2D eigenvalue weighted by Crippen LogP contribution is -2.43. The van der Waals surface area contributed by atoms with Crippen LogP contribution in [0, 0.1) is 0 Å². The third-order valence-corrected chi connectivity index (χ3v) is 4.73. The number of carbonyl (C=O) groups is 1. The molecule has 23 heavy (non-hydrogen) atoms. The van der Waals surface area contributed by atoms with Gasteiger partial charge in [0.25, 0.3) is 0 Å². The molecule has 0 bridgehead atoms. The van der Waals surface area contributed by atoms with Crippen molar-refractivity contribution in [3.05, 3.63) is 29.8 Å². The van der Waals surface area contributed by atoms with Crippen LogP contribution in [0.5, 0.6) is 5.75 Å². The van der Waals surface area contributed by atoms with Gasteiger partial charge < -0.3 is 14.0 Å². The van der Waals surface area contributed by atoms with E-state index in [0.29, 0.717) is 6.54 Å². The van der Waals surface area contributed by atoms with Crippen LogP contribution >= 0.6 is 0 Å². The molecule has 0 unspecified atom stereocenters. The minimum atomic E-state index is -3.56. The molecule has 1 rings (SSSR count). The van der Waals surface area contributed by atoms with Crippen LogP contribution < -0.4 is 4.18 Å². The van der Waals surface area contributed by atoms with Crippen LogP contribution in [0.1, 0.15) is 32.8 Å². The van der Waals surface area contributed by atoms with Crippen LogP contribution in [0.3, 0.4) is 0 Å². The Hall–Kier alpha value is -1.76. The van der Waals surface area contributed by atoms with Crippen LogP contribution in [-0.2, 0) is 16.7 Å². The van der Waals surface area contributed by atoms with Gasteiger partial charge in [0.1, 0.15) is 5.75 Å². The van der Waals surface area contributed by atoms with Crippen LogP contribution in [0.15, 0.2) is 24.3 Å². The third-order valence-electron chi connectivity index (χ3n) is 3.58. The molecular formula is C16H26N2O4S. The van der Waals surface area contributed by atoms with E-state index in [1.54, 1.807) is 37.2 Å². The topological polar surface area (TPSA) is 66.9 Å². The molecule has 7 heteroatoms. The molecule has 0 radical (unpaired) electrons. The van der Waals surface area contributed by atoms with E-state index in [-0.39, 0.29) is 23.6 Å². The fourth-order valence-electron chi connectivity index (χ4n) is 1.99. The van der Waals surface area contributed by atoms with Crippen LogP contribution in [0.2, 0.25) is 0 Å². The molecule has 2 amide bonds. The van der Waals surface area contributed by atoms with E-state index in [1.165, 1.54) is 11.8 Å². The van der Waals surface area contributed by atoms with Crippen LogP contribution in [0.4, 0.5) is 4.79 Å². The molecule has 0 aliphatic rings. The number of carbonyl (C=O) groups excluding carboxylic acids is 1. The first-order valence-corrected chi connectivity index (χ1v) is 9.27. The van der Waals surface area contributed by atoms with Crippen molar-refractivity contribution in [1.82, 2.24) is 9.80 Å². The summed E-state index contributed by atoms with van der Waals surface area (Å²) < 4.78 is 28.1. The molecule has 0 saturated carbocycles. The molecule has 0 heterocycles. The largest absolute Gasteiger partial charge is 0.382 e. The minimum absolute atomic E-state index is 0.0770. The van der Waals surface area contributed by atoms with Crippen molar-refractivity contribution < 1.29 is 17.4 Å². The summed E-state index contributed by atoms with van der Waals surface area (Å²) in [6.07, 6.45) is 0.833. The molecule has 1 aromatic rings. The van der Waals surface area contributed by atoms with Gasteiger partial charge >= 0.3 is 16.1 Å². The zero-order chi connectivity index (χ0) is 17.6. The fourth-order valence-corrected chi connectivity index (χ4v) is 2.50. The van der Waals surface area contributed by atoms with Crippen molar-refractivity contribution in [3.63, 3.8) is 0 Å². The average Bonchev–Trinajstić information content (AvgIpc) is 2.51. The molecule has 0 saturated heterocycles. The van der Waals surface area contributed by atoms with Gasteiger partial charge in [-0.2, -0.15) is 8.42 Å². The lowest BCUT2D eigenvalue weighted by Gasteiger charge is -2.31. The number of rotatable bonds is 7. The Kier molecular flexibility index (Phi) is 6.87. The quantitative estimate of drug-likeness (QED) is 0.715. The van der Waals surface area contributed by atoms with Gasteiger partial charge in [0.05, 0.1) is 5.75 Å². The highest BCUT2D eigenvalue weighted by Gasteiger charge is 2.21. The predicted octanol–water partition coefficient (Wildman–Crippen LogP) is 2.70. The van der Waals surface area contributed by atoms with Crippen molar-refractivity contribution >= 4 is 16.1 Å². The summed E-state index contributed by atoms with van der Waals surface area (Å²) >= 11 is 0. The van der Waals surface area contributed by atoms with Crippen molar-refractivity contribution in [2.75, 3.05) is 19.8 Å². The molecule has 0 fully saturated rings. The zero-order valence-electron chi connectivity index (χ0n) is 14.4. The summed E-state index contributed by atoms with van der Waals surface area (Å²) in [4.78, 5) is 15.6. The highest BCUT2D eigenvalue weighted by Crippen LogP contribution is 2.19. The van der Waals surface area contributed by atoms with E-state index in [0.717, 1.165) is 12.0 Å². The van der Waals surface area contributed by atoms with E-state index in [9.17, 15) is 13.2 Å². The second-order valence-electron chi connectivity index (χ2n) is 5.64. The summed E-state index contributed by atoms with van der Waals surface area (Å²) in [5.41, 5.74) is 0.823. The molecule has 0 N–H and O–H groups in total. The maximum atomic E-state index is 12.3. The van der Waals surface area contributed by atoms with E-state index in [2.05, 4.69) is 0 Å². The van der Waals surface area contributed by atoms with Gasteiger partial charge in [-0.25, -0.2) is 4.79 Å². The molecule has 0 aromatic heterocycles. The van der Waals surface area contributed by atoms with Crippen molar-refractivity contribution in [3.8, 4) is 5.75 Å². The Labute approximate surface area is 139 Å². The maximum Gasteiger partial charge on any atom is 0.320 e. The minimum Gasteiger partial charge on any atom is -0.382 e. The highest BCUT2D eigenvalue weighted by atomic mass is 32.2. The van der Waals surface area contributed by atoms with Gasteiger partial charge in [0.15, 0.2) is 0 Å². The maximum absolute atomic E-state index is 12.3. The Morgan fingerprint density at radius 3 is 2.43 bits per heavy atom. The molecule has 1 aromatic carbocycles. The first-order valence-electron chi connectivity index (χ1n) is 7.69. The Bertz CT molecular complexity index is 629. The SMILES string of the molecule is CC[C@@H](C)N(Cc1cccc(OS(=O)(=O)CC)c1)C(=O)N(C)C. The standard InChI is InChI=1S/C16H26N2O4S/c1-6-13(3)18(16(19)17(4)5)12-14-9-8-10-15(11-14)22-23(20,21)7-2/h8-11,13H,6-7,12H2,1-5H3/t13-/m1/s1. The van der Waals surface area contributed by atoms with Gasteiger partial charge in [0.2, 0.25) is 0 Å². The lowest BCUT2D eigenvalue weighted by molar-refractivity contribution is 0.148. The Morgan fingerprint density at radius 1 is 1.26 bits per heavy atom. The molecule has 0 aliphatic heterocycles. The van der Waals surface area contributed by atoms with E-state index in [4.69, 9.17) is 4.18 Å². The van der Waals surface area contributed by atoms with Crippen LogP contribution in [0.25, 0.3) is 0 Å². The van der Waals surface area contributed by atoms with Gasteiger partial charge in [-0.15, -0.1) is 0 Å². The molecule has 0 aliphatic carbocycles. The average molecular weight is 342 g/mol. The highest BCUT2D eigenvalue weighted by molar-refractivity contribution is 7.87. The number of benzene rings is 1. The third kappa shape index (κ3) is 5.74. The second kappa shape index (κ2) is 8.19. The second-order valence-corrected chi connectivity index (χ2v) is 7.50. The number of nitrogens with zero attached hydrogens (tertiary/aromatic N) is 2. The molecule has 1 atom stereocenters. The molecular weight excluding hydrogens is 316 g/mol. The molecule has 130 valence electrons. The first kappa shape index (κ1) is 19.3. The summed E-state index contributed by atoms with van der Waals surface area (Å²) in [7, 11) is -0.131. The van der Waals surface area contributed by atoms with Gasteiger partial charge in [0, 0.05) is 26.7 Å². The molecule has 0 spiro atoms. The number of urea groups is 1. The summed E-state index contributed by atoms with van der Waals surface area (Å²) in [5.74, 6) is 0.181. The van der Waals surface area contributed by atoms with Crippen LogP contribution in [-0.4, -0.2) is 50.1 Å². The Balaban J connectivity index is 2.99. The smallest absolute Gasteiger partial charge is 0.320 e. The first-order chi connectivity index (χ1) is 10.7. The number of amides is 2. The summed E-state index contributed by atoms with van der Waals surface area (Å²) in [6, 6.07) is 6.83. The zero-order valence-corrected chi connectivity index (χ0v) is 15.3. The predicted molar refractivity (Wildman–Crippen MR) is 90.9 cm³/mol. The van der Waals surface area contributed by atoms with Crippen molar-refractivity contribution in [2.45, 2.75) is 39.8 Å². The molecule has 6 nitrogen and oxygen atoms in total. The van der Waals surface area contributed by atoms with Gasteiger partial charge in [-0.05, 0) is 38.0 Å². The monoisotopic (exact) mass is 342 g/mol. The normalized spacial score (nSPS) is 12.6. The van der Waals surface area contributed by atoms with Crippen molar-refractivity contribution in [2.24, 2.45) is 0 Å². The fraction of sp³-hybridized carbons (Fsp3) is 0.562. The van der Waals surface area contributed by atoms with E-state index < -0.39 is 10.1 Å². The van der Waals surface area contributed by atoms with E-state index >= 15 is 0 Å². The summed E-state index contributed by atoms with van der Waals surface area (Å²) in [5, 5.41) is 0. The van der Waals surface area contributed by atoms with Gasteiger partial charge in [-0.1, -0.05) is 19.1 Å².